The van der Waals surface area contributed by atoms with Gasteiger partial charge in [-0.1, -0.05) is 133 Å². The lowest BCUT2D eigenvalue weighted by atomic mass is 10.0. The average Bonchev–Trinajstić information content (AvgIpc) is 3.77. The largest absolute Gasteiger partial charge is 0.307 e. The monoisotopic (exact) mass is 692 g/mol. The van der Waals surface area contributed by atoms with Crippen LogP contribution in [0.3, 0.4) is 0 Å². The molecule has 0 aliphatic heterocycles. The van der Waals surface area contributed by atoms with Gasteiger partial charge in [0.1, 0.15) is 5.82 Å². The first-order chi connectivity index (χ1) is 26.8. The Bertz CT molecular complexity index is 3080. The van der Waals surface area contributed by atoms with Crippen LogP contribution in [0.15, 0.2) is 164 Å². The van der Waals surface area contributed by atoms with Crippen LogP contribution in [0.25, 0.3) is 95.2 Å². The van der Waals surface area contributed by atoms with Crippen molar-refractivity contribution in [3.63, 3.8) is 0 Å². The first kappa shape index (κ1) is 30.4. The van der Waals surface area contributed by atoms with Crippen LogP contribution in [-0.2, 0) is 6.42 Å². The van der Waals surface area contributed by atoms with Crippen LogP contribution in [0.4, 0.5) is 0 Å². The molecular weight excluding hydrogens is 661 g/mol. The minimum Gasteiger partial charge on any atom is -0.307 e. The molecule has 254 valence electrons. The van der Waals surface area contributed by atoms with Crippen molar-refractivity contribution in [2.45, 2.75) is 12.8 Å². The summed E-state index contributed by atoms with van der Waals surface area (Å²) in [6.45, 7) is 0. The van der Waals surface area contributed by atoms with E-state index >= 15 is 0 Å². The number of pyridine rings is 1. The second-order valence-electron chi connectivity index (χ2n) is 13.8. The molecule has 6 nitrogen and oxygen atoms in total. The van der Waals surface area contributed by atoms with Gasteiger partial charge in [0.15, 0.2) is 17.5 Å². The molecule has 0 bridgehead atoms. The highest BCUT2D eigenvalue weighted by molar-refractivity contribution is 6.19. The summed E-state index contributed by atoms with van der Waals surface area (Å²) in [6.07, 6.45) is 8.40. The Hall–Kier alpha value is -7.18. The number of hydrogen-bond acceptors (Lipinski definition) is 4. The fourth-order valence-electron chi connectivity index (χ4n) is 8.26. The molecule has 6 aromatic carbocycles. The van der Waals surface area contributed by atoms with Crippen LogP contribution in [0.1, 0.15) is 17.7 Å². The lowest BCUT2D eigenvalue weighted by Gasteiger charge is -2.15. The highest BCUT2D eigenvalue weighted by Crippen LogP contribution is 2.42. The molecule has 0 unspecified atom stereocenters. The zero-order chi connectivity index (χ0) is 35.6. The second kappa shape index (κ2) is 12.2. The van der Waals surface area contributed by atoms with Crippen LogP contribution in [0.5, 0.6) is 0 Å². The maximum absolute atomic E-state index is 5.20. The molecule has 0 saturated carbocycles. The summed E-state index contributed by atoms with van der Waals surface area (Å²) in [6, 6.07) is 52.9. The minimum absolute atomic E-state index is 0.583. The van der Waals surface area contributed by atoms with E-state index in [0.29, 0.717) is 17.5 Å². The average molecular weight is 693 g/mol. The van der Waals surface area contributed by atoms with Crippen molar-refractivity contribution < 1.29 is 0 Å². The van der Waals surface area contributed by atoms with Gasteiger partial charge in [-0.05, 0) is 53.9 Å². The second-order valence-corrected chi connectivity index (χ2v) is 13.8. The third-order valence-corrected chi connectivity index (χ3v) is 10.7. The van der Waals surface area contributed by atoms with Crippen LogP contribution in [0.2, 0.25) is 0 Å². The molecule has 11 rings (SSSR count). The normalized spacial score (nSPS) is 12.6. The number of fused-ring (bicyclic) bond motifs is 8. The molecule has 4 aromatic heterocycles. The van der Waals surface area contributed by atoms with E-state index in [9.17, 15) is 0 Å². The Morgan fingerprint density at radius 2 is 1.17 bits per heavy atom. The highest BCUT2D eigenvalue weighted by atomic mass is 15.1. The fraction of sp³-hybridized carbons (Fsp3) is 0.0417. The number of rotatable bonds is 5. The van der Waals surface area contributed by atoms with Crippen molar-refractivity contribution in [2.75, 3.05) is 0 Å². The summed E-state index contributed by atoms with van der Waals surface area (Å²) in [4.78, 5) is 20.3. The van der Waals surface area contributed by atoms with E-state index in [1.54, 1.807) is 0 Å². The summed E-state index contributed by atoms with van der Waals surface area (Å²) >= 11 is 0. The van der Waals surface area contributed by atoms with Gasteiger partial charge in [-0.15, -0.1) is 0 Å². The number of nitrogens with zero attached hydrogens (tertiary/aromatic N) is 6. The summed E-state index contributed by atoms with van der Waals surface area (Å²) in [5.41, 5.74) is 9.92. The third-order valence-electron chi connectivity index (χ3n) is 10.7. The van der Waals surface area contributed by atoms with Gasteiger partial charge >= 0.3 is 0 Å². The van der Waals surface area contributed by atoms with E-state index < -0.39 is 0 Å². The summed E-state index contributed by atoms with van der Waals surface area (Å²) in [5, 5.41) is 5.92. The Morgan fingerprint density at radius 3 is 2.00 bits per heavy atom. The Kier molecular flexibility index (Phi) is 6.89. The van der Waals surface area contributed by atoms with Gasteiger partial charge in [0.2, 0.25) is 0 Å². The minimum atomic E-state index is 0.583. The zero-order valence-corrected chi connectivity index (χ0v) is 29.3. The molecule has 0 saturated heterocycles. The molecule has 4 heterocycles. The van der Waals surface area contributed by atoms with Crippen molar-refractivity contribution in [1.82, 2.24) is 29.1 Å². The smallest absolute Gasteiger partial charge is 0.165 e. The van der Waals surface area contributed by atoms with Crippen LogP contribution in [0, 0.1) is 0 Å². The van der Waals surface area contributed by atoms with Crippen molar-refractivity contribution >= 4 is 49.6 Å². The summed E-state index contributed by atoms with van der Waals surface area (Å²) in [5.74, 6) is 2.71. The molecule has 0 radical (unpaired) electrons. The molecule has 1 aliphatic carbocycles. The number of allylic oxidation sites excluding steroid dienone is 1. The third kappa shape index (κ3) is 4.73. The Labute approximate surface area is 311 Å². The number of aromatic nitrogens is 6. The van der Waals surface area contributed by atoms with Crippen LogP contribution >= 0.6 is 0 Å². The topological polar surface area (TPSA) is 61.4 Å². The molecular formula is C48H32N6. The first-order valence-corrected chi connectivity index (χ1v) is 18.4. The van der Waals surface area contributed by atoms with E-state index in [4.69, 9.17) is 19.9 Å². The van der Waals surface area contributed by atoms with Crippen LogP contribution < -0.4 is 0 Å². The predicted octanol–water partition coefficient (Wildman–Crippen LogP) is 11.4. The van der Waals surface area contributed by atoms with E-state index in [1.165, 1.54) is 38.4 Å². The maximum atomic E-state index is 5.20. The standard InChI is InChI=1S/C48H32N6/c1-3-15-32(16-4-1)46-50-47(52-48(51-46)40-23-13-17-31-14-7-8-20-35(31)40)33-26-29-43(49-30-33)54-42-25-12-10-22-37(42)39-28-27-38-36-21-9-11-24-41(36)53(44(38)45(39)54)34-18-5-2-6-19-34/h1-11,13-24,26-30H,12,25H2. The molecule has 6 heteroatoms. The van der Waals surface area contributed by atoms with Gasteiger partial charge in [-0.3, -0.25) is 4.57 Å². The van der Waals surface area contributed by atoms with Gasteiger partial charge in [-0.2, -0.15) is 0 Å². The highest BCUT2D eigenvalue weighted by Gasteiger charge is 2.25. The number of hydrogen-bond donors (Lipinski definition) is 0. The van der Waals surface area contributed by atoms with Gasteiger partial charge in [0.05, 0.1) is 16.6 Å². The van der Waals surface area contributed by atoms with Gasteiger partial charge < -0.3 is 4.57 Å². The van der Waals surface area contributed by atoms with Crippen LogP contribution in [-0.4, -0.2) is 29.1 Å². The fourth-order valence-corrected chi connectivity index (χ4v) is 8.26. The quantitative estimate of drug-likeness (QED) is 0.180. The zero-order valence-electron chi connectivity index (χ0n) is 29.3. The maximum Gasteiger partial charge on any atom is 0.165 e. The molecule has 0 atom stereocenters. The number of benzene rings is 6. The van der Waals surface area contributed by atoms with E-state index in [1.807, 2.05) is 36.5 Å². The van der Waals surface area contributed by atoms with Gasteiger partial charge in [0.25, 0.3) is 0 Å². The molecule has 54 heavy (non-hydrogen) atoms. The van der Waals surface area contributed by atoms with E-state index in [2.05, 4.69) is 143 Å². The molecule has 0 fully saturated rings. The van der Waals surface area contributed by atoms with Gasteiger partial charge in [-0.25, -0.2) is 19.9 Å². The molecule has 0 N–H and O–H groups in total. The Balaban J connectivity index is 1.13. The van der Waals surface area contributed by atoms with Crippen molar-refractivity contribution in [2.24, 2.45) is 0 Å². The predicted molar refractivity (Wildman–Crippen MR) is 220 cm³/mol. The van der Waals surface area contributed by atoms with Crippen molar-refractivity contribution in [3.8, 4) is 45.7 Å². The molecule has 0 spiro atoms. The van der Waals surface area contributed by atoms with Crippen molar-refractivity contribution in [1.29, 1.82) is 0 Å². The lowest BCUT2D eigenvalue weighted by Crippen LogP contribution is -2.06. The molecule has 1 aliphatic rings. The van der Waals surface area contributed by atoms with E-state index in [-0.39, 0.29) is 0 Å². The Morgan fingerprint density at radius 1 is 0.481 bits per heavy atom. The SMILES string of the molecule is C1=Cc2c(n(-c3ccc(-c4nc(-c5ccccc5)nc(-c5cccc6ccccc56)n4)cn3)c3c2ccc2c4ccccc4n(-c4ccccc4)c23)CC1. The molecule has 10 aromatic rings. The summed E-state index contributed by atoms with van der Waals surface area (Å²) in [7, 11) is 0. The lowest BCUT2D eigenvalue weighted by molar-refractivity contribution is 0.871. The number of para-hydroxylation sites is 2. The van der Waals surface area contributed by atoms with E-state index in [0.717, 1.165) is 57.3 Å². The van der Waals surface area contributed by atoms with Gasteiger partial charge in [0, 0.05) is 56.0 Å². The van der Waals surface area contributed by atoms with Crippen molar-refractivity contribution in [3.05, 3.63) is 175 Å². The first-order valence-electron chi connectivity index (χ1n) is 18.4. The molecule has 0 amide bonds. The summed E-state index contributed by atoms with van der Waals surface area (Å²) < 4.78 is 4.81.